The average molecular weight is 254 g/mol. The summed E-state index contributed by atoms with van der Waals surface area (Å²) in [5, 5.41) is 9.11. The molecule has 0 saturated carbocycles. The largest absolute Gasteiger partial charge is 0.368 e. The Hall–Kier alpha value is -1.54. The molecule has 6 heteroatoms. The normalized spacial score (nSPS) is 10.3. The van der Waals surface area contributed by atoms with Gasteiger partial charge in [-0.3, -0.25) is 0 Å². The maximum Gasteiger partial charge on any atom is 0.222 e. The maximum absolute atomic E-state index is 8.65. The fourth-order valence-electron chi connectivity index (χ4n) is 1.50. The molecule has 92 valence electrons. The molecule has 17 heavy (non-hydrogen) atoms. The van der Waals surface area contributed by atoms with E-state index in [-0.39, 0.29) is 5.95 Å². The summed E-state index contributed by atoms with van der Waals surface area (Å²) in [5.74, 6) is 1.24. The van der Waals surface area contributed by atoms with E-state index >= 15 is 0 Å². The summed E-state index contributed by atoms with van der Waals surface area (Å²) >= 11 is 6.05. The third-order valence-electron chi connectivity index (χ3n) is 2.12. The third-order valence-corrected chi connectivity index (χ3v) is 2.39. The Morgan fingerprint density at radius 1 is 1.59 bits per heavy atom. The van der Waals surface area contributed by atoms with Crippen molar-refractivity contribution in [2.24, 2.45) is 5.92 Å². The molecule has 0 unspecified atom stereocenters. The summed E-state index contributed by atoms with van der Waals surface area (Å²) in [6, 6.07) is 2.12. The second kappa shape index (κ2) is 6.26. The van der Waals surface area contributed by atoms with Crippen LogP contribution in [-0.4, -0.2) is 23.1 Å². The van der Waals surface area contributed by atoms with Crippen LogP contribution in [0.3, 0.4) is 0 Å². The average Bonchev–Trinajstić information content (AvgIpc) is 2.27. The van der Waals surface area contributed by atoms with Crippen molar-refractivity contribution in [2.45, 2.75) is 20.3 Å². The molecule has 0 aromatic carbocycles. The molecule has 0 bridgehead atoms. The highest BCUT2D eigenvalue weighted by Crippen LogP contribution is 2.24. The van der Waals surface area contributed by atoms with Crippen LogP contribution >= 0.6 is 11.6 Å². The molecule has 0 amide bonds. The van der Waals surface area contributed by atoms with Gasteiger partial charge in [-0.15, -0.1) is 0 Å². The highest BCUT2D eigenvalue weighted by Gasteiger charge is 2.14. The summed E-state index contributed by atoms with van der Waals surface area (Å²) < 4.78 is 0. The fourth-order valence-corrected chi connectivity index (χ4v) is 1.71. The number of nitrogens with zero attached hydrogens (tertiary/aromatic N) is 4. The fraction of sp³-hybridized carbons (Fsp3) is 0.545. The van der Waals surface area contributed by atoms with Crippen LogP contribution < -0.4 is 10.6 Å². The van der Waals surface area contributed by atoms with Crippen molar-refractivity contribution in [3.05, 3.63) is 11.2 Å². The van der Waals surface area contributed by atoms with E-state index in [4.69, 9.17) is 22.6 Å². The lowest BCUT2D eigenvalue weighted by molar-refractivity contribution is 0.607. The molecule has 5 nitrogen and oxygen atoms in total. The third kappa shape index (κ3) is 4.08. The van der Waals surface area contributed by atoms with Gasteiger partial charge in [0.1, 0.15) is 5.02 Å². The number of hydrogen-bond acceptors (Lipinski definition) is 5. The zero-order valence-corrected chi connectivity index (χ0v) is 10.8. The van der Waals surface area contributed by atoms with Gasteiger partial charge in [0, 0.05) is 13.1 Å². The van der Waals surface area contributed by atoms with Crippen molar-refractivity contribution in [3.63, 3.8) is 0 Å². The zero-order chi connectivity index (χ0) is 12.8. The topological polar surface area (TPSA) is 78.8 Å². The standard InChI is InChI=1S/C11H16ClN5/c1-8(2)7-17(5-3-4-13)10-9(12)6-15-11(14)16-10/h6,8H,3,5,7H2,1-2H3,(H2,14,15,16). The zero-order valence-electron chi connectivity index (χ0n) is 10.0. The smallest absolute Gasteiger partial charge is 0.222 e. The molecule has 0 spiro atoms. The second-order valence-electron chi connectivity index (χ2n) is 4.15. The summed E-state index contributed by atoms with van der Waals surface area (Å²) in [6.45, 7) is 5.55. The second-order valence-corrected chi connectivity index (χ2v) is 4.55. The first kappa shape index (κ1) is 13.5. The van der Waals surface area contributed by atoms with Crippen LogP contribution in [0, 0.1) is 17.2 Å². The molecule has 0 saturated heterocycles. The highest BCUT2D eigenvalue weighted by atomic mass is 35.5. The van der Waals surface area contributed by atoms with E-state index in [9.17, 15) is 0 Å². The van der Waals surface area contributed by atoms with Crippen LogP contribution in [0.25, 0.3) is 0 Å². The Balaban J connectivity index is 2.94. The van der Waals surface area contributed by atoms with Crippen molar-refractivity contribution < 1.29 is 0 Å². The van der Waals surface area contributed by atoms with E-state index in [0.717, 1.165) is 6.54 Å². The predicted molar refractivity (Wildman–Crippen MR) is 68.7 cm³/mol. The van der Waals surface area contributed by atoms with Gasteiger partial charge in [-0.05, 0) is 5.92 Å². The SMILES string of the molecule is CC(C)CN(CCC#N)c1nc(N)ncc1Cl. The molecular weight excluding hydrogens is 238 g/mol. The van der Waals surface area contributed by atoms with Crippen molar-refractivity contribution >= 4 is 23.4 Å². The number of nitrogens with two attached hydrogens (primary N) is 1. The molecule has 0 aliphatic heterocycles. The molecule has 0 aliphatic rings. The number of hydrogen-bond donors (Lipinski definition) is 1. The molecule has 0 aliphatic carbocycles. The van der Waals surface area contributed by atoms with Gasteiger partial charge >= 0.3 is 0 Å². The Labute approximate surface area is 106 Å². The van der Waals surface area contributed by atoms with Gasteiger partial charge in [-0.2, -0.15) is 10.2 Å². The Morgan fingerprint density at radius 2 is 2.29 bits per heavy atom. The lowest BCUT2D eigenvalue weighted by atomic mass is 10.2. The van der Waals surface area contributed by atoms with E-state index in [2.05, 4.69) is 29.9 Å². The summed E-state index contributed by atoms with van der Waals surface area (Å²) in [7, 11) is 0. The number of nitrogen functional groups attached to an aromatic ring is 1. The minimum absolute atomic E-state index is 0.190. The van der Waals surface area contributed by atoms with Gasteiger partial charge in [0.05, 0.1) is 18.7 Å². The molecule has 2 N–H and O–H groups in total. The molecule has 0 atom stereocenters. The van der Waals surface area contributed by atoms with Crippen molar-refractivity contribution in [3.8, 4) is 6.07 Å². The number of rotatable bonds is 5. The Bertz CT molecular complexity index is 413. The van der Waals surface area contributed by atoms with Crippen molar-refractivity contribution in [1.29, 1.82) is 5.26 Å². The van der Waals surface area contributed by atoms with E-state index in [1.807, 2.05) is 4.90 Å². The van der Waals surface area contributed by atoms with Crippen LogP contribution in [0.4, 0.5) is 11.8 Å². The first-order chi connectivity index (χ1) is 8.04. The summed E-state index contributed by atoms with van der Waals surface area (Å²) in [6.07, 6.45) is 1.91. The van der Waals surface area contributed by atoms with Crippen LogP contribution in [0.2, 0.25) is 5.02 Å². The monoisotopic (exact) mass is 253 g/mol. The maximum atomic E-state index is 8.65. The number of halogens is 1. The molecule has 1 rings (SSSR count). The molecule has 0 radical (unpaired) electrons. The van der Waals surface area contributed by atoms with Crippen molar-refractivity contribution in [2.75, 3.05) is 23.7 Å². The molecule has 1 aromatic heterocycles. The van der Waals surface area contributed by atoms with Gasteiger partial charge in [-0.25, -0.2) is 4.98 Å². The minimum Gasteiger partial charge on any atom is -0.368 e. The number of aromatic nitrogens is 2. The van der Waals surface area contributed by atoms with Crippen LogP contribution in [0.5, 0.6) is 0 Å². The van der Waals surface area contributed by atoms with Gasteiger partial charge in [0.25, 0.3) is 0 Å². The quantitative estimate of drug-likeness (QED) is 0.869. The molecule has 0 fully saturated rings. The summed E-state index contributed by atoms with van der Waals surface area (Å²) in [5.41, 5.74) is 5.55. The first-order valence-electron chi connectivity index (χ1n) is 5.44. The van der Waals surface area contributed by atoms with E-state index in [0.29, 0.717) is 29.7 Å². The van der Waals surface area contributed by atoms with Gasteiger partial charge in [0.15, 0.2) is 5.82 Å². The van der Waals surface area contributed by atoms with E-state index in [1.165, 1.54) is 6.20 Å². The van der Waals surface area contributed by atoms with Crippen LogP contribution in [0.1, 0.15) is 20.3 Å². The van der Waals surface area contributed by atoms with Crippen LogP contribution in [0.15, 0.2) is 6.20 Å². The Kier molecular flexibility index (Phi) is 4.98. The number of nitriles is 1. The molecule has 1 aromatic rings. The first-order valence-corrected chi connectivity index (χ1v) is 5.82. The highest BCUT2D eigenvalue weighted by molar-refractivity contribution is 6.32. The molecular formula is C11H16ClN5. The predicted octanol–water partition coefficient (Wildman–Crippen LogP) is 2.09. The van der Waals surface area contributed by atoms with E-state index in [1.54, 1.807) is 0 Å². The summed E-state index contributed by atoms with van der Waals surface area (Å²) in [4.78, 5) is 9.92. The lowest BCUT2D eigenvalue weighted by Crippen LogP contribution is -2.30. The number of anilines is 2. The minimum atomic E-state index is 0.190. The lowest BCUT2D eigenvalue weighted by Gasteiger charge is -2.25. The van der Waals surface area contributed by atoms with Gasteiger partial charge in [-0.1, -0.05) is 25.4 Å². The van der Waals surface area contributed by atoms with Gasteiger partial charge in [0.2, 0.25) is 5.95 Å². The Morgan fingerprint density at radius 3 is 2.88 bits per heavy atom. The molecule has 1 heterocycles. The van der Waals surface area contributed by atoms with Gasteiger partial charge < -0.3 is 10.6 Å². The van der Waals surface area contributed by atoms with Crippen molar-refractivity contribution in [1.82, 2.24) is 9.97 Å². The van der Waals surface area contributed by atoms with Crippen LogP contribution in [-0.2, 0) is 0 Å². The van der Waals surface area contributed by atoms with E-state index < -0.39 is 0 Å².